The molecule has 1 aromatic carbocycles. The number of anilines is 1. The third-order valence-electron chi connectivity index (χ3n) is 3.44. The first kappa shape index (κ1) is 13.2. The van der Waals surface area contributed by atoms with Crippen LogP contribution in [0.25, 0.3) is 10.9 Å². The fraction of sp³-hybridized carbons (Fsp3) is 0.400. The minimum atomic E-state index is -0.109. The van der Waals surface area contributed by atoms with Gasteiger partial charge in [0.1, 0.15) is 5.82 Å². The molecule has 0 N–H and O–H groups in total. The second-order valence-corrected chi connectivity index (χ2v) is 5.59. The Bertz CT molecular complexity index is 563. The van der Waals surface area contributed by atoms with Crippen LogP contribution in [-0.4, -0.2) is 23.5 Å². The number of aryl methyl sites for hydroxylation is 1. The molecule has 0 saturated heterocycles. The van der Waals surface area contributed by atoms with Gasteiger partial charge in [0.25, 0.3) is 0 Å². The molecule has 0 fully saturated rings. The van der Waals surface area contributed by atoms with Crippen LogP contribution < -0.4 is 4.90 Å². The van der Waals surface area contributed by atoms with E-state index in [-0.39, 0.29) is 5.54 Å². The zero-order chi connectivity index (χ0) is 13.3. The van der Waals surface area contributed by atoms with Crippen molar-refractivity contribution in [3.05, 3.63) is 35.9 Å². The molecule has 0 spiro atoms. The summed E-state index contributed by atoms with van der Waals surface area (Å²) in [5.74, 6) is 1.57. The Balaban J connectivity index is 2.54. The van der Waals surface area contributed by atoms with E-state index in [0.29, 0.717) is 5.88 Å². The van der Waals surface area contributed by atoms with E-state index in [1.165, 1.54) is 10.9 Å². The van der Waals surface area contributed by atoms with Crippen LogP contribution in [0.2, 0.25) is 0 Å². The summed E-state index contributed by atoms with van der Waals surface area (Å²) in [7, 11) is 2.05. The van der Waals surface area contributed by atoms with Crippen molar-refractivity contribution in [2.75, 3.05) is 17.8 Å². The van der Waals surface area contributed by atoms with Crippen molar-refractivity contribution in [2.45, 2.75) is 26.3 Å². The van der Waals surface area contributed by atoms with Gasteiger partial charge < -0.3 is 4.90 Å². The summed E-state index contributed by atoms with van der Waals surface area (Å²) in [6, 6.07) is 10.4. The van der Waals surface area contributed by atoms with Gasteiger partial charge in [0.2, 0.25) is 0 Å². The van der Waals surface area contributed by atoms with Gasteiger partial charge in [-0.05, 0) is 38.5 Å². The molecule has 0 aliphatic carbocycles. The van der Waals surface area contributed by atoms with E-state index in [1.54, 1.807) is 0 Å². The minimum absolute atomic E-state index is 0.109. The number of hydrogen-bond donors (Lipinski definition) is 0. The van der Waals surface area contributed by atoms with Crippen molar-refractivity contribution in [3.8, 4) is 0 Å². The maximum atomic E-state index is 6.04. The van der Waals surface area contributed by atoms with Gasteiger partial charge >= 0.3 is 0 Å². The lowest BCUT2D eigenvalue weighted by molar-refractivity contribution is 0.540. The maximum absolute atomic E-state index is 6.04. The Morgan fingerprint density at radius 3 is 2.61 bits per heavy atom. The molecule has 0 unspecified atom stereocenters. The number of hydrogen-bond acceptors (Lipinski definition) is 2. The van der Waals surface area contributed by atoms with Gasteiger partial charge in [-0.1, -0.05) is 18.2 Å². The molecule has 96 valence electrons. The Hall–Kier alpha value is -1.28. The van der Waals surface area contributed by atoms with Crippen molar-refractivity contribution in [1.29, 1.82) is 0 Å². The molecule has 0 amide bonds. The highest BCUT2D eigenvalue weighted by Crippen LogP contribution is 2.27. The largest absolute Gasteiger partial charge is 0.353 e. The summed E-state index contributed by atoms with van der Waals surface area (Å²) in [4.78, 5) is 6.91. The molecule has 2 rings (SSSR count). The monoisotopic (exact) mass is 262 g/mol. The molecule has 1 aromatic heterocycles. The quantitative estimate of drug-likeness (QED) is 0.778. The number of aromatic nitrogens is 1. The lowest BCUT2D eigenvalue weighted by atomic mass is 10.1. The normalized spacial score (nSPS) is 11.8. The van der Waals surface area contributed by atoms with Crippen LogP contribution in [0.1, 0.15) is 19.4 Å². The first-order valence-corrected chi connectivity index (χ1v) is 6.65. The number of alkyl halides is 1. The Labute approximate surface area is 114 Å². The van der Waals surface area contributed by atoms with Gasteiger partial charge in [-0.2, -0.15) is 0 Å². The first-order valence-electron chi connectivity index (χ1n) is 6.12. The van der Waals surface area contributed by atoms with Crippen LogP contribution in [0.15, 0.2) is 30.3 Å². The van der Waals surface area contributed by atoms with Gasteiger partial charge in [0, 0.05) is 23.9 Å². The number of para-hydroxylation sites is 1. The van der Waals surface area contributed by atoms with Gasteiger partial charge in [-0.25, -0.2) is 4.98 Å². The van der Waals surface area contributed by atoms with Crippen LogP contribution in [0.4, 0.5) is 5.82 Å². The number of halogens is 1. The lowest BCUT2D eigenvalue weighted by Crippen LogP contribution is -2.43. The van der Waals surface area contributed by atoms with E-state index in [9.17, 15) is 0 Å². The SMILES string of the molecule is Cc1cc2ccccc2nc1N(C)C(C)(C)CCl. The first-order chi connectivity index (χ1) is 8.45. The Kier molecular flexibility index (Phi) is 3.49. The smallest absolute Gasteiger partial charge is 0.132 e. The molecule has 2 nitrogen and oxygen atoms in total. The number of benzene rings is 1. The van der Waals surface area contributed by atoms with Gasteiger partial charge in [-0.15, -0.1) is 11.6 Å². The molecule has 3 heteroatoms. The number of rotatable bonds is 3. The molecular weight excluding hydrogens is 244 g/mol. The Morgan fingerprint density at radius 1 is 1.28 bits per heavy atom. The fourth-order valence-corrected chi connectivity index (χ4v) is 2.11. The summed E-state index contributed by atoms with van der Waals surface area (Å²) in [5.41, 5.74) is 2.09. The van der Waals surface area contributed by atoms with Crippen LogP contribution in [0.3, 0.4) is 0 Å². The molecule has 2 aromatic rings. The summed E-state index contributed by atoms with van der Waals surface area (Å²) >= 11 is 6.04. The number of fused-ring (bicyclic) bond motifs is 1. The van der Waals surface area contributed by atoms with E-state index in [4.69, 9.17) is 16.6 Å². The maximum Gasteiger partial charge on any atom is 0.132 e. The van der Waals surface area contributed by atoms with E-state index >= 15 is 0 Å². The highest BCUT2D eigenvalue weighted by atomic mass is 35.5. The van der Waals surface area contributed by atoms with Crippen LogP contribution in [0.5, 0.6) is 0 Å². The molecule has 0 bridgehead atoms. The molecule has 0 aliphatic rings. The highest BCUT2D eigenvalue weighted by Gasteiger charge is 2.24. The predicted molar refractivity (Wildman–Crippen MR) is 79.7 cm³/mol. The number of nitrogens with zero attached hydrogens (tertiary/aromatic N) is 2. The molecule has 18 heavy (non-hydrogen) atoms. The van der Waals surface area contributed by atoms with E-state index in [1.807, 2.05) is 25.2 Å². The average molecular weight is 263 g/mol. The highest BCUT2D eigenvalue weighted by molar-refractivity contribution is 6.18. The molecular formula is C15H19ClN2. The van der Waals surface area contributed by atoms with Crippen molar-refractivity contribution >= 4 is 28.3 Å². The van der Waals surface area contributed by atoms with Gasteiger partial charge in [0.15, 0.2) is 0 Å². The van der Waals surface area contributed by atoms with Crippen LogP contribution in [-0.2, 0) is 0 Å². The van der Waals surface area contributed by atoms with E-state index in [0.717, 1.165) is 11.3 Å². The summed E-state index contributed by atoms with van der Waals surface area (Å²) in [5, 5.41) is 1.18. The zero-order valence-electron chi connectivity index (χ0n) is 11.4. The second kappa shape index (κ2) is 4.77. The Morgan fingerprint density at radius 2 is 1.94 bits per heavy atom. The molecule has 0 atom stereocenters. The van der Waals surface area contributed by atoms with E-state index in [2.05, 4.69) is 37.8 Å². The van der Waals surface area contributed by atoms with Crippen molar-refractivity contribution < 1.29 is 0 Å². The summed E-state index contributed by atoms with van der Waals surface area (Å²) in [6.07, 6.45) is 0. The average Bonchev–Trinajstić information content (AvgIpc) is 2.37. The molecule has 0 saturated carbocycles. The van der Waals surface area contributed by atoms with Gasteiger partial charge in [-0.3, -0.25) is 0 Å². The van der Waals surface area contributed by atoms with Gasteiger partial charge in [0.05, 0.1) is 5.52 Å². The predicted octanol–water partition coefficient (Wildman–Crippen LogP) is 4.00. The van der Waals surface area contributed by atoms with Crippen molar-refractivity contribution in [3.63, 3.8) is 0 Å². The molecule has 1 heterocycles. The topological polar surface area (TPSA) is 16.1 Å². The van der Waals surface area contributed by atoms with E-state index < -0.39 is 0 Å². The van der Waals surface area contributed by atoms with Crippen molar-refractivity contribution in [2.24, 2.45) is 0 Å². The third-order valence-corrected chi connectivity index (χ3v) is 4.09. The molecule has 0 aliphatic heterocycles. The standard InChI is InChI=1S/C15H19ClN2/c1-11-9-12-7-5-6-8-13(12)17-14(11)18(4)15(2,3)10-16/h5-9H,10H2,1-4H3. The van der Waals surface area contributed by atoms with Crippen molar-refractivity contribution in [1.82, 2.24) is 4.98 Å². The second-order valence-electron chi connectivity index (χ2n) is 5.33. The fourth-order valence-electron chi connectivity index (χ4n) is 1.93. The summed E-state index contributed by atoms with van der Waals surface area (Å²) < 4.78 is 0. The summed E-state index contributed by atoms with van der Waals surface area (Å²) in [6.45, 7) is 6.34. The lowest BCUT2D eigenvalue weighted by Gasteiger charge is -2.35. The third kappa shape index (κ3) is 2.30. The molecule has 0 radical (unpaired) electrons. The number of pyridine rings is 1. The zero-order valence-corrected chi connectivity index (χ0v) is 12.1. The minimum Gasteiger partial charge on any atom is -0.353 e. The van der Waals surface area contributed by atoms with Crippen LogP contribution >= 0.6 is 11.6 Å². The van der Waals surface area contributed by atoms with Crippen LogP contribution in [0, 0.1) is 6.92 Å².